The lowest BCUT2D eigenvalue weighted by atomic mass is 9.49. The van der Waals surface area contributed by atoms with Gasteiger partial charge >= 0.3 is 0 Å². The van der Waals surface area contributed by atoms with Gasteiger partial charge in [0.2, 0.25) is 0 Å². The first-order valence-electron chi connectivity index (χ1n) is 14.4. The Morgan fingerprint density at radius 3 is 2.42 bits per heavy atom. The highest BCUT2D eigenvalue weighted by atomic mass is 16.6. The smallest absolute Gasteiger partial charge is 0.200 e. The van der Waals surface area contributed by atoms with Gasteiger partial charge in [-0.2, -0.15) is 0 Å². The van der Waals surface area contributed by atoms with E-state index >= 15 is 0 Å². The number of allylic oxidation sites excluding steroid dienone is 4. The number of Topliss-reactive ketones (excluding diaryl/α,β-unsaturated/α-hetero) is 2. The van der Waals surface area contributed by atoms with Crippen LogP contribution in [0.1, 0.15) is 50.0 Å². The van der Waals surface area contributed by atoms with Crippen molar-refractivity contribution in [2.24, 2.45) is 17.8 Å². The minimum absolute atomic E-state index is 0.0342. The molecule has 0 aromatic heterocycles. The van der Waals surface area contributed by atoms with Crippen LogP contribution in [0.25, 0.3) is 0 Å². The Bertz CT molecular complexity index is 1360. The maximum absolute atomic E-state index is 14.5. The van der Waals surface area contributed by atoms with Gasteiger partial charge in [0, 0.05) is 68.2 Å². The lowest BCUT2D eigenvalue weighted by Crippen LogP contribution is -2.74. The summed E-state index contributed by atoms with van der Waals surface area (Å²) < 4.78 is 13.5. The zero-order chi connectivity index (χ0) is 28.6. The Labute approximate surface area is 235 Å². The van der Waals surface area contributed by atoms with Crippen LogP contribution in [0, 0.1) is 17.8 Å². The molecule has 1 aromatic rings. The average molecular weight is 549 g/mol. The average Bonchev–Trinajstić information content (AvgIpc) is 3.18. The van der Waals surface area contributed by atoms with Crippen molar-refractivity contribution in [3.05, 3.63) is 52.1 Å². The number of fused-ring (bicyclic) bond motifs is 1. The SMILES string of the molecule is CC(C)=CCc1c(O)cc(O)c2c1O[C@@]13C(=C[C@H]4C(=O)C1(CC=C(C)C)OC[C@@H]3[C@H]4CN1CCN(C)CC1)C2=O. The Morgan fingerprint density at radius 1 is 1.05 bits per heavy atom. The number of phenolic OH excluding ortho intramolecular Hbond substituents is 2. The molecule has 8 nitrogen and oxygen atoms in total. The summed E-state index contributed by atoms with van der Waals surface area (Å²) in [6, 6.07) is 1.22. The molecule has 1 spiro atoms. The number of hydrogen-bond donors (Lipinski definition) is 2. The molecule has 3 fully saturated rings. The maximum Gasteiger partial charge on any atom is 0.200 e. The summed E-state index contributed by atoms with van der Waals surface area (Å²) in [6.45, 7) is 12.7. The van der Waals surface area contributed by atoms with Crippen molar-refractivity contribution in [2.45, 2.75) is 51.7 Å². The summed E-state index contributed by atoms with van der Waals surface area (Å²) in [4.78, 5) is 33.5. The van der Waals surface area contributed by atoms with Crippen LogP contribution < -0.4 is 4.74 Å². The lowest BCUT2D eigenvalue weighted by Gasteiger charge is -2.59. The number of ketones is 2. The van der Waals surface area contributed by atoms with Gasteiger partial charge in [-0.1, -0.05) is 29.4 Å². The molecule has 5 atom stereocenters. The van der Waals surface area contributed by atoms with E-state index in [0.717, 1.165) is 43.9 Å². The van der Waals surface area contributed by atoms with Crippen LogP contribution in [0.3, 0.4) is 0 Å². The summed E-state index contributed by atoms with van der Waals surface area (Å²) in [5, 5.41) is 21.8. The highest BCUT2D eigenvalue weighted by Crippen LogP contribution is 2.65. The quantitative estimate of drug-likeness (QED) is 0.520. The fraction of sp³-hybridized carbons (Fsp3) is 0.562. The molecule has 214 valence electrons. The Kier molecular flexibility index (Phi) is 6.52. The van der Waals surface area contributed by atoms with E-state index < -0.39 is 17.1 Å². The van der Waals surface area contributed by atoms with Crippen molar-refractivity contribution in [1.82, 2.24) is 9.80 Å². The molecule has 3 heterocycles. The molecule has 1 saturated carbocycles. The zero-order valence-corrected chi connectivity index (χ0v) is 24.1. The number of carbonyl (C=O) groups excluding carboxylic acids is 2. The molecule has 6 aliphatic rings. The van der Waals surface area contributed by atoms with Crippen molar-refractivity contribution in [3.8, 4) is 17.2 Å². The number of hydrogen-bond acceptors (Lipinski definition) is 8. The first-order chi connectivity index (χ1) is 19.0. The van der Waals surface area contributed by atoms with Gasteiger partial charge in [-0.25, -0.2) is 0 Å². The van der Waals surface area contributed by atoms with Gasteiger partial charge in [0.25, 0.3) is 0 Å². The number of piperazine rings is 1. The number of rotatable bonds is 6. The predicted molar refractivity (Wildman–Crippen MR) is 151 cm³/mol. The molecule has 40 heavy (non-hydrogen) atoms. The second-order valence-electron chi connectivity index (χ2n) is 12.7. The molecule has 3 aliphatic carbocycles. The van der Waals surface area contributed by atoms with Gasteiger partial charge in [-0.15, -0.1) is 0 Å². The van der Waals surface area contributed by atoms with E-state index in [1.807, 2.05) is 45.9 Å². The van der Waals surface area contributed by atoms with Crippen LogP contribution in [-0.2, 0) is 16.0 Å². The van der Waals surface area contributed by atoms with Gasteiger partial charge in [0.05, 0.1) is 6.61 Å². The monoisotopic (exact) mass is 548 g/mol. The summed E-state index contributed by atoms with van der Waals surface area (Å²) in [6.07, 6.45) is 6.40. The molecular weight excluding hydrogens is 508 g/mol. The molecule has 7 rings (SSSR count). The van der Waals surface area contributed by atoms with Crippen molar-refractivity contribution in [1.29, 1.82) is 0 Å². The molecule has 4 bridgehead atoms. The Balaban J connectivity index is 1.53. The summed E-state index contributed by atoms with van der Waals surface area (Å²) in [5.74, 6) is -1.42. The van der Waals surface area contributed by atoms with Crippen LogP contribution in [0.4, 0.5) is 0 Å². The Hall–Kier alpha value is -2.94. The topological polar surface area (TPSA) is 99.5 Å². The number of aromatic hydroxyl groups is 2. The molecule has 3 aliphatic heterocycles. The number of carbonyl (C=O) groups is 2. The van der Waals surface area contributed by atoms with Crippen LogP contribution in [-0.4, -0.2) is 89.2 Å². The van der Waals surface area contributed by atoms with E-state index in [-0.39, 0.29) is 46.2 Å². The molecule has 2 N–H and O–H groups in total. The Morgan fingerprint density at radius 2 is 1.75 bits per heavy atom. The zero-order valence-electron chi connectivity index (χ0n) is 24.1. The molecular formula is C32H40N2O6. The number of benzene rings is 1. The number of nitrogens with zero attached hydrogens (tertiary/aromatic N) is 2. The molecule has 0 amide bonds. The van der Waals surface area contributed by atoms with Crippen molar-refractivity contribution in [2.75, 3.05) is 46.4 Å². The molecule has 1 unspecified atom stereocenters. The highest BCUT2D eigenvalue weighted by molar-refractivity contribution is 6.18. The number of ether oxygens (including phenoxy) is 2. The normalized spacial score (nSPS) is 32.7. The largest absolute Gasteiger partial charge is 0.507 e. The van der Waals surface area contributed by atoms with E-state index in [1.165, 1.54) is 6.07 Å². The number of phenols is 2. The predicted octanol–water partition coefficient (Wildman–Crippen LogP) is 3.66. The van der Waals surface area contributed by atoms with Crippen molar-refractivity contribution in [3.63, 3.8) is 0 Å². The van der Waals surface area contributed by atoms with Crippen molar-refractivity contribution < 1.29 is 29.3 Å². The third-order valence-electron chi connectivity index (χ3n) is 9.71. The standard InChI is InChI=1S/C32H40N2O6/c1-18(2)6-7-20-25(35)15-26(36)27-28(37)23-14-21-22(16-34-12-10-33(5)11-13-34)24-17-39-31(30(21)38,9-8-19(3)4)32(23,24)40-29(20)27/h6,8,14-15,21-22,24,35-36H,7,9-13,16-17H2,1-5H3/t21-,22+,24-,31?,32-/m1/s1. The van der Waals surface area contributed by atoms with E-state index in [2.05, 4.69) is 16.8 Å². The molecule has 1 aromatic carbocycles. The van der Waals surface area contributed by atoms with Gasteiger partial charge in [-0.3, -0.25) is 9.59 Å². The van der Waals surface area contributed by atoms with Crippen LogP contribution in [0.5, 0.6) is 17.2 Å². The minimum Gasteiger partial charge on any atom is -0.507 e. The number of likely N-dealkylation sites (N-methyl/N-ethyl adjacent to an activating group) is 1. The molecule has 8 heteroatoms. The van der Waals surface area contributed by atoms with Gasteiger partial charge in [-0.05, 0) is 47.1 Å². The molecule has 0 radical (unpaired) electrons. The van der Waals surface area contributed by atoms with E-state index in [4.69, 9.17) is 9.47 Å². The lowest BCUT2D eigenvalue weighted by molar-refractivity contribution is -0.171. The minimum atomic E-state index is -1.34. The van der Waals surface area contributed by atoms with Gasteiger partial charge < -0.3 is 29.5 Å². The third kappa shape index (κ3) is 3.76. The van der Waals surface area contributed by atoms with Crippen LogP contribution in [0.15, 0.2) is 41.0 Å². The van der Waals surface area contributed by atoms with Gasteiger partial charge in [0.15, 0.2) is 22.8 Å². The van der Waals surface area contributed by atoms with Gasteiger partial charge in [0.1, 0.15) is 22.8 Å². The van der Waals surface area contributed by atoms with E-state index in [1.54, 1.807) is 0 Å². The van der Waals surface area contributed by atoms with Crippen LogP contribution >= 0.6 is 0 Å². The first kappa shape index (κ1) is 27.2. The maximum atomic E-state index is 14.5. The highest BCUT2D eigenvalue weighted by Gasteiger charge is 2.79. The fourth-order valence-corrected chi connectivity index (χ4v) is 7.56. The third-order valence-corrected chi connectivity index (χ3v) is 9.71. The second kappa shape index (κ2) is 9.57. The first-order valence-corrected chi connectivity index (χ1v) is 14.4. The summed E-state index contributed by atoms with van der Waals surface area (Å²) in [5.41, 5.74) is 0.330. The fourth-order valence-electron chi connectivity index (χ4n) is 7.56. The van der Waals surface area contributed by atoms with E-state index in [9.17, 15) is 19.8 Å². The summed E-state index contributed by atoms with van der Waals surface area (Å²) in [7, 11) is 2.12. The van der Waals surface area contributed by atoms with Crippen molar-refractivity contribution >= 4 is 11.6 Å². The van der Waals surface area contributed by atoms with Crippen LogP contribution in [0.2, 0.25) is 0 Å². The van der Waals surface area contributed by atoms with E-state index in [0.29, 0.717) is 30.6 Å². The summed E-state index contributed by atoms with van der Waals surface area (Å²) >= 11 is 0. The molecule has 2 saturated heterocycles. The second-order valence-corrected chi connectivity index (χ2v) is 12.7.